The quantitative estimate of drug-likeness (QED) is 0.914. The number of hydrogen-bond donors (Lipinski definition) is 1. The van der Waals surface area contributed by atoms with Crippen LogP contribution in [0.1, 0.15) is 31.5 Å². The van der Waals surface area contributed by atoms with Crippen LogP contribution in [0.2, 0.25) is 0 Å². The second kappa shape index (κ2) is 5.52. The monoisotopic (exact) mass is 328 g/mol. The Morgan fingerprint density at radius 1 is 1.63 bits per heavy atom. The highest BCUT2D eigenvalue weighted by Gasteiger charge is 2.36. The van der Waals surface area contributed by atoms with Gasteiger partial charge in [0, 0.05) is 19.1 Å². The lowest BCUT2D eigenvalue weighted by Crippen LogP contribution is -2.50. The van der Waals surface area contributed by atoms with Crippen LogP contribution in [-0.4, -0.2) is 46.5 Å². The van der Waals surface area contributed by atoms with Crippen LogP contribution in [0.5, 0.6) is 0 Å². The van der Waals surface area contributed by atoms with Gasteiger partial charge in [0.05, 0.1) is 35.1 Å². The van der Waals surface area contributed by atoms with Gasteiger partial charge in [-0.05, 0) is 42.2 Å². The maximum atomic E-state index is 6.43. The number of ether oxygens (including phenoxy) is 1. The normalized spacial score (nSPS) is 29.4. The van der Waals surface area contributed by atoms with Crippen LogP contribution in [0.4, 0.5) is 0 Å². The van der Waals surface area contributed by atoms with E-state index in [1.54, 1.807) is 0 Å². The molecule has 106 valence electrons. The van der Waals surface area contributed by atoms with Crippen LogP contribution in [0.25, 0.3) is 0 Å². The maximum Gasteiger partial charge on any atom is 0.0910 e. The van der Waals surface area contributed by atoms with E-state index in [9.17, 15) is 0 Å². The summed E-state index contributed by atoms with van der Waals surface area (Å²) in [4.78, 5) is 2.52. The fourth-order valence-electron chi connectivity index (χ4n) is 3.19. The molecule has 0 spiro atoms. The zero-order chi connectivity index (χ0) is 13.4. The van der Waals surface area contributed by atoms with Crippen molar-refractivity contribution in [2.75, 3.05) is 19.7 Å². The Bertz CT molecular complexity index is 450. The lowest BCUT2D eigenvalue weighted by atomic mass is 10.1. The summed E-state index contributed by atoms with van der Waals surface area (Å²) in [5.74, 6) is 0. The predicted octanol–water partition coefficient (Wildman–Crippen LogP) is 1.53. The minimum Gasteiger partial charge on any atom is -0.373 e. The van der Waals surface area contributed by atoms with Crippen LogP contribution >= 0.6 is 15.9 Å². The van der Waals surface area contributed by atoms with Gasteiger partial charge < -0.3 is 10.5 Å². The first-order valence-electron chi connectivity index (χ1n) is 7.03. The second-order valence-corrected chi connectivity index (χ2v) is 6.24. The first kappa shape index (κ1) is 13.5. The fraction of sp³-hybridized carbons (Fsp3) is 0.769. The summed E-state index contributed by atoms with van der Waals surface area (Å²) in [5.41, 5.74) is 7.48. The fourth-order valence-corrected chi connectivity index (χ4v) is 3.75. The van der Waals surface area contributed by atoms with E-state index in [-0.39, 0.29) is 12.1 Å². The van der Waals surface area contributed by atoms with E-state index in [1.807, 2.05) is 10.9 Å². The summed E-state index contributed by atoms with van der Waals surface area (Å²) >= 11 is 3.55. The molecule has 3 heterocycles. The molecule has 5 nitrogen and oxygen atoms in total. The lowest BCUT2D eigenvalue weighted by Gasteiger charge is -2.37. The number of halogens is 1. The molecule has 3 atom stereocenters. The third-order valence-electron chi connectivity index (χ3n) is 4.27. The van der Waals surface area contributed by atoms with Gasteiger partial charge in [0.2, 0.25) is 0 Å². The summed E-state index contributed by atoms with van der Waals surface area (Å²) in [6.45, 7) is 5.84. The number of rotatable bonds is 3. The van der Waals surface area contributed by atoms with Crippen LogP contribution in [0.3, 0.4) is 0 Å². The summed E-state index contributed by atoms with van der Waals surface area (Å²) in [6.07, 6.45) is 4.43. The number of aromatic nitrogens is 2. The smallest absolute Gasteiger partial charge is 0.0910 e. The zero-order valence-corrected chi connectivity index (χ0v) is 12.8. The van der Waals surface area contributed by atoms with E-state index in [0.29, 0.717) is 6.04 Å². The van der Waals surface area contributed by atoms with E-state index in [2.05, 4.69) is 32.9 Å². The molecule has 0 aromatic carbocycles. The van der Waals surface area contributed by atoms with Gasteiger partial charge in [-0.25, -0.2) is 0 Å². The molecule has 1 aromatic heterocycles. The molecule has 0 amide bonds. The number of hydrogen-bond acceptors (Lipinski definition) is 4. The van der Waals surface area contributed by atoms with Crippen molar-refractivity contribution in [3.8, 4) is 0 Å². The second-order valence-electron chi connectivity index (χ2n) is 5.38. The molecule has 0 aliphatic carbocycles. The number of nitrogens with zero attached hydrogens (tertiary/aromatic N) is 3. The molecule has 2 fully saturated rings. The summed E-state index contributed by atoms with van der Waals surface area (Å²) in [7, 11) is 0. The number of aryl methyl sites for hydroxylation is 1. The van der Waals surface area contributed by atoms with Crippen LogP contribution in [0.15, 0.2) is 10.7 Å². The molecule has 2 aliphatic rings. The molecule has 2 aliphatic heterocycles. The molecule has 19 heavy (non-hydrogen) atoms. The van der Waals surface area contributed by atoms with Crippen LogP contribution in [0, 0.1) is 0 Å². The highest BCUT2D eigenvalue weighted by atomic mass is 79.9. The first-order chi connectivity index (χ1) is 9.20. The first-order valence-corrected chi connectivity index (χ1v) is 7.82. The Balaban J connectivity index is 1.76. The zero-order valence-electron chi connectivity index (χ0n) is 11.3. The van der Waals surface area contributed by atoms with E-state index in [4.69, 9.17) is 10.5 Å². The molecule has 1 aromatic rings. The number of fused-ring (bicyclic) bond motifs is 1. The lowest BCUT2D eigenvalue weighted by molar-refractivity contribution is -0.0608. The van der Waals surface area contributed by atoms with Crippen molar-refractivity contribution in [3.63, 3.8) is 0 Å². The third kappa shape index (κ3) is 2.46. The Hall–Kier alpha value is -0.430. The number of morpholine rings is 1. The molecule has 2 N–H and O–H groups in total. The molecule has 6 heteroatoms. The van der Waals surface area contributed by atoms with Gasteiger partial charge in [-0.2, -0.15) is 5.10 Å². The van der Waals surface area contributed by atoms with Crippen molar-refractivity contribution in [2.45, 2.75) is 44.5 Å². The predicted molar refractivity (Wildman–Crippen MR) is 76.9 cm³/mol. The Labute approximate surface area is 122 Å². The minimum absolute atomic E-state index is 0.0626. The van der Waals surface area contributed by atoms with Crippen molar-refractivity contribution in [3.05, 3.63) is 16.4 Å². The topological polar surface area (TPSA) is 56.3 Å². The molecule has 2 saturated heterocycles. The van der Waals surface area contributed by atoms with E-state index >= 15 is 0 Å². The van der Waals surface area contributed by atoms with Crippen molar-refractivity contribution in [1.82, 2.24) is 14.7 Å². The van der Waals surface area contributed by atoms with Crippen molar-refractivity contribution >= 4 is 15.9 Å². The molecule has 0 radical (unpaired) electrons. The molecule has 0 saturated carbocycles. The largest absolute Gasteiger partial charge is 0.373 e. The van der Waals surface area contributed by atoms with Gasteiger partial charge in [-0.1, -0.05) is 0 Å². The molecule has 3 rings (SSSR count). The summed E-state index contributed by atoms with van der Waals surface area (Å²) in [6, 6.07) is 0.487. The van der Waals surface area contributed by atoms with Crippen molar-refractivity contribution in [1.29, 1.82) is 0 Å². The van der Waals surface area contributed by atoms with Gasteiger partial charge in [0.25, 0.3) is 0 Å². The molecule has 3 unspecified atom stereocenters. The van der Waals surface area contributed by atoms with E-state index in [1.165, 1.54) is 19.4 Å². The van der Waals surface area contributed by atoms with Gasteiger partial charge >= 0.3 is 0 Å². The Morgan fingerprint density at radius 2 is 2.47 bits per heavy atom. The van der Waals surface area contributed by atoms with Gasteiger partial charge in [-0.15, -0.1) is 0 Å². The Kier molecular flexibility index (Phi) is 3.93. The summed E-state index contributed by atoms with van der Waals surface area (Å²) < 4.78 is 8.94. The van der Waals surface area contributed by atoms with Crippen molar-refractivity contribution in [2.24, 2.45) is 5.73 Å². The van der Waals surface area contributed by atoms with Gasteiger partial charge in [0.1, 0.15) is 0 Å². The van der Waals surface area contributed by atoms with Crippen LogP contribution in [-0.2, 0) is 11.3 Å². The van der Waals surface area contributed by atoms with Crippen LogP contribution < -0.4 is 5.73 Å². The highest BCUT2D eigenvalue weighted by Crippen LogP contribution is 2.30. The van der Waals surface area contributed by atoms with E-state index in [0.717, 1.165) is 29.9 Å². The molecular formula is C13H21BrN4O. The maximum absolute atomic E-state index is 6.43. The highest BCUT2D eigenvalue weighted by molar-refractivity contribution is 9.10. The average molecular weight is 329 g/mol. The minimum atomic E-state index is -0.127. The number of nitrogens with two attached hydrogens (primary N) is 1. The van der Waals surface area contributed by atoms with Gasteiger partial charge in [-0.3, -0.25) is 9.58 Å². The van der Waals surface area contributed by atoms with Gasteiger partial charge in [0.15, 0.2) is 0 Å². The molecular weight excluding hydrogens is 308 g/mol. The third-order valence-corrected chi connectivity index (χ3v) is 4.88. The van der Waals surface area contributed by atoms with E-state index < -0.39 is 0 Å². The van der Waals surface area contributed by atoms with Crippen molar-refractivity contribution < 1.29 is 4.74 Å². The standard InChI is InChI=1S/C13H21BrN4O/c1-2-18-13(10(14)6-16-18)12(15)11-7-17-5-3-4-9(17)8-19-11/h6,9,11-12H,2-5,7-8,15H2,1H3. The summed E-state index contributed by atoms with van der Waals surface area (Å²) in [5, 5.41) is 4.34. The molecule has 0 bridgehead atoms. The Morgan fingerprint density at radius 3 is 3.26 bits per heavy atom. The SMILES string of the molecule is CCn1ncc(Br)c1C(N)C1CN2CCCC2CO1. The average Bonchev–Trinajstić information content (AvgIpc) is 3.02.